The number of benzene rings is 2. The molecule has 3 rings (SSSR count). The van der Waals surface area contributed by atoms with Crippen LogP contribution in [0.3, 0.4) is 0 Å². The summed E-state index contributed by atoms with van der Waals surface area (Å²) in [6, 6.07) is 13.8. The van der Waals surface area contributed by atoms with Gasteiger partial charge in [0.1, 0.15) is 0 Å². The van der Waals surface area contributed by atoms with Crippen molar-refractivity contribution in [1.82, 2.24) is 4.90 Å². The van der Waals surface area contributed by atoms with Crippen LogP contribution in [-0.4, -0.2) is 51.1 Å². The van der Waals surface area contributed by atoms with Crippen molar-refractivity contribution in [3.05, 3.63) is 48.0 Å². The fourth-order valence-electron chi connectivity index (χ4n) is 3.26. The largest absolute Gasteiger partial charge is 0.493 e. The van der Waals surface area contributed by atoms with Gasteiger partial charge in [-0.3, -0.25) is 0 Å². The fraction of sp³-hybridized carbons (Fsp3) is 0.381. The van der Waals surface area contributed by atoms with E-state index in [4.69, 9.17) is 14.2 Å². The van der Waals surface area contributed by atoms with E-state index in [0.717, 1.165) is 12.2 Å². The van der Waals surface area contributed by atoms with Crippen LogP contribution in [0.15, 0.2) is 42.5 Å². The van der Waals surface area contributed by atoms with Gasteiger partial charge in [0.25, 0.3) is 0 Å². The molecule has 0 aromatic heterocycles. The van der Waals surface area contributed by atoms with E-state index >= 15 is 0 Å². The van der Waals surface area contributed by atoms with Gasteiger partial charge < -0.3 is 24.4 Å². The number of urea groups is 1. The van der Waals surface area contributed by atoms with Gasteiger partial charge in [0.05, 0.1) is 27.0 Å². The van der Waals surface area contributed by atoms with Gasteiger partial charge in [-0.05, 0) is 12.0 Å². The van der Waals surface area contributed by atoms with Crippen molar-refractivity contribution in [2.24, 2.45) is 0 Å². The molecular weight excluding hydrogens is 376 g/mol. The van der Waals surface area contributed by atoms with Crippen molar-refractivity contribution in [3.63, 3.8) is 0 Å². The highest BCUT2D eigenvalue weighted by Gasteiger charge is 2.23. The molecule has 1 aliphatic rings. The van der Waals surface area contributed by atoms with Gasteiger partial charge in [-0.1, -0.05) is 30.3 Å². The molecule has 2 amide bonds. The number of anilines is 1. The van der Waals surface area contributed by atoms with Gasteiger partial charge in [-0.15, -0.1) is 0 Å². The number of carbonyl (C=O) groups is 1. The third-order valence-electron chi connectivity index (χ3n) is 4.72. The van der Waals surface area contributed by atoms with E-state index in [1.165, 1.54) is 5.56 Å². The third-order valence-corrected chi connectivity index (χ3v) is 6.04. The number of rotatable bonds is 5. The van der Waals surface area contributed by atoms with Crippen LogP contribution in [0.5, 0.6) is 17.2 Å². The summed E-state index contributed by atoms with van der Waals surface area (Å²) in [7, 11) is 4.66. The maximum absolute atomic E-state index is 12.8. The Balaban J connectivity index is 1.68. The maximum Gasteiger partial charge on any atom is 0.321 e. The molecule has 1 atom stereocenters. The van der Waals surface area contributed by atoms with Crippen molar-refractivity contribution < 1.29 is 19.0 Å². The Morgan fingerprint density at radius 2 is 1.71 bits per heavy atom. The van der Waals surface area contributed by atoms with Crippen LogP contribution in [0.1, 0.15) is 17.2 Å². The van der Waals surface area contributed by atoms with Gasteiger partial charge >= 0.3 is 6.03 Å². The molecule has 1 saturated heterocycles. The Morgan fingerprint density at radius 1 is 1.04 bits per heavy atom. The second-order valence-electron chi connectivity index (χ2n) is 6.39. The zero-order valence-electron chi connectivity index (χ0n) is 16.4. The van der Waals surface area contributed by atoms with E-state index < -0.39 is 0 Å². The summed E-state index contributed by atoms with van der Waals surface area (Å²) in [5.74, 6) is 2.42. The van der Waals surface area contributed by atoms with Gasteiger partial charge in [0.15, 0.2) is 11.5 Å². The zero-order valence-corrected chi connectivity index (χ0v) is 17.3. The molecule has 150 valence electrons. The minimum atomic E-state index is -0.122. The van der Waals surface area contributed by atoms with Crippen LogP contribution < -0.4 is 19.5 Å². The van der Waals surface area contributed by atoms with Gasteiger partial charge in [0, 0.05) is 36.2 Å². The maximum atomic E-state index is 12.8. The number of ether oxygens (including phenoxy) is 3. The van der Waals surface area contributed by atoms with Crippen molar-refractivity contribution in [3.8, 4) is 17.2 Å². The molecule has 2 aromatic rings. The van der Waals surface area contributed by atoms with Crippen LogP contribution in [0, 0.1) is 0 Å². The summed E-state index contributed by atoms with van der Waals surface area (Å²) in [5, 5.41) is 3.37. The number of hydrogen-bond acceptors (Lipinski definition) is 5. The van der Waals surface area contributed by atoms with Gasteiger partial charge in [-0.25, -0.2) is 4.79 Å². The summed E-state index contributed by atoms with van der Waals surface area (Å²) >= 11 is 1.90. The van der Waals surface area contributed by atoms with Gasteiger partial charge in [0.2, 0.25) is 5.75 Å². The number of carbonyl (C=O) groups excluding carboxylic acids is 1. The smallest absolute Gasteiger partial charge is 0.321 e. The minimum Gasteiger partial charge on any atom is -0.493 e. The number of methoxy groups -OCH3 is 3. The number of nitrogens with zero attached hydrogens (tertiary/aromatic N) is 1. The first-order valence-corrected chi connectivity index (χ1v) is 10.2. The Kier molecular flexibility index (Phi) is 6.92. The lowest BCUT2D eigenvalue weighted by molar-refractivity contribution is 0.215. The molecule has 2 aromatic carbocycles. The summed E-state index contributed by atoms with van der Waals surface area (Å²) in [6.07, 6.45) is 0.928. The zero-order chi connectivity index (χ0) is 19.9. The van der Waals surface area contributed by atoms with Gasteiger partial charge in [-0.2, -0.15) is 11.8 Å². The highest BCUT2D eigenvalue weighted by Crippen LogP contribution is 2.40. The van der Waals surface area contributed by atoms with E-state index in [1.54, 1.807) is 33.5 Å². The summed E-state index contributed by atoms with van der Waals surface area (Å²) in [4.78, 5) is 14.7. The van der Waals surface area contributed by atoms with E-state index in [-0.39, 0.29) is 6.03 Å². The van der Waals surface area contributed by atoms with Crippen LogP contribution in [-0.2, 0) is 0 Å². The van der Waals surface area contributed by atoms with Crippen LogP contribution >= 0.6 is 11.8 Å². The fourth-order valence-corrected chi connectivity index (χ4v) is 4.49. The van der Waals surface area contributed by atoms with Crippen molar-refractivity contribution in [2.45, 2.75) is 11.7 Å². The summed E-state index contributed by atoms with van der Waals surface area (Å²) in [5.41, 5.74) is 1.93. The lowest BCUT2D eigenvalue weighted by Crippen LogP contribution is -2.36. The van der Waals surface area contributed by atoms with Crippen molar-refractivity contribution >= 4 is 23.5 Å². The molecule has 6 nitrogen and oxygen atoms in total. The molecule has 0 unspecified atom stereocenters. The molecule has 1 N–H and O–H groups in total. The first kappa shape index (κ1) is 20.2. The minimum absolute atomic E-state index is 0.122. The highest BCUT2D eigenvalue weighted by atomic mass is 32.2. The summed E-state index contributed by atoms with van der Waals surface area (Å²) in [6.45, 7) is 1.42. The second kappa shape index (κ2) is 9.59. The molecule has 0 bridgehead atoms. The van der Waals surface area contributed by atoms with Crippen LogP contribution in [0.2, 0.25) is 0 Å². The molecule has 1 aliphatic heterocycles. The summed E-state index contributed by atoms with van der Waals surface area (Å²) < 4.78 is 16.0. The van der Waals surface area contributed by atoms with Crippen molar-refractivity contribution in [1.29, 1.82) is 0 Å². The quantitative estimate of drug-likeness (QED) is 0.802. The number of thioether (sulfide) groups is 1. The van der Waals surface area contributed by atoms with Crippen LogP contribution in [0.4, 0.5) is 10.5 Å². The lowest BCUT2D eigenvalue weighted by Gasteiger charge is -2.22. The average Bonchev–Trinajstić information content (AvgIpc) is 3.00. The SMILES string of the molecule is COc1cc(NC(=O)N2CCS[C@@H](c3ccccc3)CC2)cc(OC)c1OC. The Bertz CT molecular complexity index is 775. The normalized spacial score (nSPS) is 16.8. The number of amides is 2. The monoisotopic (exact) mass is 402 g/mol. The predicted octanol–water partition coefficient (Wildman–Crippen LogP) is 4.42. The Morgan fingerprint density at radius 3 is 2.32 bits per heavy atom. The molecule has 0 aliphatic carbocycles. The molecule has 1 heterocycles. The molecular formula is C21H26N2O4S. The van der Waals surface area contributed by atoms with E-state index in [1.807, 2.05) is 22.7 Å². The average molecular weight is 403 g/mol. The molecule has 28 heavy (non-hydrogen) atoms. The molecule has 7 heteroatoms. The predicted molar refractivity (Wildman–Crippen MR) is 113 cm³/mol. The lowest BCUT2D eigenvalue weighted by atomic mass is 10.1. The molecule has 0 saturated carbocycles. The van der Waals surface area contributed by atoms with E-state index in [0.29, 0.717) is 41.3 Å². The second-order valence-corrected chi connectivity index (χ2v) is 7.70. The van der Waals surface area contributed by atoms with Crippen LogP contribution in [0.25, 0.3) is 0 Å². The van der Waals surface area contributed by atoms with E-state index in [2.05, 4.69) is 29.6 Å². The first-order chi connectivity index (χ1) is 13.7. The molecule has 1 fully saturated rings. The number of hydrogen-bond donors (Lipinski definition) is 1. The third kappa shape index (κ3) is 4.65. The topological polar surface area (TPSA) is 60.0 Å². The van der Waals surface area contributed by atoms with E-state index in [9.17, 15) is 4.79 Å². The standard InChI is InChI=1S/C21H26N2O4S/c1-25-17-13-16(14-18(26-2)20(17)27-3)22-21(24)23-10-9-19(28-12-11-23)15-7-5-4-6-8-15/h4-8,13-14,19H,9-12H2,1-3H3,(H,22,24)/t19-/m1/s1. The Hall–Kier alpha value is -2.54. The highest BCUT2D eigenvalue weighted by molar-refractivity contribution is 7.99. The molecule has 0 spiro atoms. The first-order valence-electron chi connectivity index (χ1n) is 9.18. The molecule has 0 radical (unpaired) electrons. The Labute approximate surface area is 170 Å². The number of nitrogens with one attached hydrogen (secondary N) is 1. The van der Waals surface area contributed by atoms with Crippen molar-refractivity contribution in [2.75, 3.05) is 45.5 Å².